The Balaban J connectivity index is 0.000000479. The normalized spacial score (nSPS) is 16.4. The summed E-state index contributed by atoms with van der Waals surface area (Å²) in [6, 6.07) is 18.0. The predicted molar refractivity (Wildman–Crippen MR) is 113 cm³/mol. The average Bonchev–Trinajstić information content (AvgIpc) is 3.28. The lowest BCUT2D eigenvalue weighted by atomic mass is 10.1. The van der Waals surface area contributed by atoms with Crippen molar-refractivity contribution in [2.45, 2.75) is 44.1 Å². The minimum absolute atomic E-state index is 0.187. The van der Waals surface area contributed by atoms with Crippen molar-refractivity contribution in [3.63, 3.8) is 0 Å². The molecule has 0 aromatic heterocycles. The number of alkyl halides is 3. The van der Waals surface area contributed by atoms with Crippen LogP contribution in [0.15, 0.2) is 60.7 Å². The number of benzene rings is 2. The number of amides is 1. The molecule has 1 aliphatic rings. The Morgan fingerprint density at radius 3 is 2.06 bits per heavy atom. The number of nitrogens with zero attached hydrogens (tertiary/aromatic N) is 1. The minimum Gasteiger partial charge on any atom is -0.475 e. The maximum Gasteiger partial charge on any atom is 0.490 e. The molecule has 0 radical (unpaired) electrons. The number of nitrogens with two attached hydrogens (primary N) is 1. The Morgan fingerprint density at radius 2 is 1.55 bits per heavy atom. The number of carboxylic acids is 1. The molecule has 0 unspecified atom stereocenters. The zero-order valence-corrected chi connectivity index (χ0v) is 17.7. The molecule has 1 saturated heterocycles. The van der Waals surface area contributed by atoms with Gasteiger partial charge in [0.1, 0.15) is 12.6 Å². The van der Waals surface area contributed by atoms with Gasteiger partial charge in [0.05, 0.1) is 6.04 Å². The van der Waals surface area contributed by atoms with Gasteiger partial charge in [-0.2, -0.15) is 13.2 Å². The number of rotatable bonds is 6. The van der Waals surface area contributed by atoms with Gasteiger partial charge in [0.2, 0.25) is 5.91 Å². The number of halogens is 3. The Bertz CT molecular complexity index is 923. The summed E-state index contributed by atoms with van der Waals surface area (Å²) in [5.41, 5.74) is 8.05. The number of aliphatic carboxylic acids is 1. The fourth-order valence-electron chi connectivity index (χ4n) is 3.27. The van der Waals surface area contributed by atoms with Crippen LogP contribution in [0, 0.1) is 0 Å². The molecule has 2 aromatic carbocycles. The molecule has 0 saturated carbocycles. The van der Waals surface area contributed by atoms with Crippen molar-refractivity contribution >= 4 is 17.8 Å². The molecular formula is C23H25F3N2O5. The smallest absolute Gasteiger partial charge is 0.475 e. The number of carbonyl (C=O) groups is 3. The van der Waals surface area contributed by atoms with Gasteiger partial charge in [-0.1, -0.05) is 60.7 Å². The number of hydrogen-bond acceptors (Lipinski definition) is 5. The Labute approximate surface area is 188 Å². The first kappa shape index (κ1) is 25.9. The molecule has 0 aliphatic carbocycles. The van der Waals surface area contributed by atoms with Gasteiger partial charge >= 0.3 is 18.1 Å². The van der Waals surface area contributed by atoms with Crippen molar-refractivity contribution in [3.8, 4) is 0 Å². The molecule has 10 heteroatoms. The van der Waals surface area contributed by atoms with Crippen LogP contribution in [0.3, 0.4) is 0 Å². The van der Waals surface area contributed by atoms with Crippen molar-refractivity contribution < 1.29 is 37.4 Å². The zero-order valence-electron chi connectivity index (χ0n) is 17.7. The Hall–Kier alpha value is -3.40. The highest BCUT2D eigenvalue weighted by Gasteiger charge is 2.38. The molecule has 7 nitrogen and oxygen atoms in total. The van der Waals surface area contributed by atoms with Crippen LogP contribution in [0.4, 0.5) is 13.2 Å². The van der Waals surface area contributed by atoms with Crippen LogP contribution < -0.4 is 5.73 Å². The summed E-state index contributed by atoms with van der Waals surface area (Å²) >= 11 is 0. The zero-order chi connectivity index (χ0) is 24.4. The maximum atomic E-state index is 12.7. The second kappa shape index (κ2) is 12.0. The van der Waals surface area contributed by atoms with Gasteiger partial charge in [0.15, 0.2) is 0 Å². The minimum atomic E-state index is -5.08. The summed E-state index contributed by atoms with van der Waals surface area (Å²) in [4.78, 5) is 35.7. The number of esters is 1. The monoisotopic (exact) mass is 466 g/mol. The first-order valence-corrected chi connectivity index (χ1v) is 10.2. The number of likely N-dealkylation sites (tertiary alicyclic amines) is 1. The van der Waals surface area contributed by atoms with E-state index < -0.39 is 24.2 Å². The molecule has 1 amide bonds. The van der Waals surface area contributed by atoms with Gasteiger partial charge < -0.3 is 20.5 Å². The molecule has 33 heavy (non-hydrogen) atoms. The number of hydrogen-bond donors (Lipinski definition) is 2. The van der Waals surface area contributed by atoms with Gasteiger partial charge in [-0.3, -0.25) is 4.79 Å². The third kappa shape index (κ3) is 8.23. The third-order valence-electron chi connectivity index (χ3n) is 4.89. The highest BCUT2D eigenvalue weighted by molar-refractivity contribution is 5.88. The second-order valence-electron chi connectivity index (χ2n) is 7.38. The van der Waals surface area contributed by atoms with Crippen molar-refractivity contribution in [1.82, 2.24) is 4.90 Å². The van der Waals surface area contributed by atoms with Crippen LogP contribution in [-0.2, 0) is 32.1 Å². The second-order valence-corrected chi connectivity index (χ2v) is 7.38. The fraction of sp³-hybridized carbons (Fsp3) is 0.348. The van der Waals surface area contributed by atoms with E-state index in [9.17, 15) is 22.8 Å². The molecule has 178 valence electrons. The summed E-state index contributed by atoms with van der Waals surface area (Å²) in [6.07, 6.45) is -3.21. The number of carboxylic acid groups (broad SMARTS) is 1. The first-order valence-electron chi connectivity index (χ1n) is 10.2. The fourth-order valence-corrected chi connectivity index (χ4v) is 3.27. The van der Waals surface area contributed by atoms with Crippen LogP contribution in [0.1, 0.15) is 24.0 Å². The molecule has 3 rings (SSSR count). The highest BCUT2D eigenvalue weighted by atomic mass is 19.4. The quantitative estimate of drug-likeness (QED) is 0.634. The molecule has 1 fully saturated rings. The van der Waals surface area contributed by atoms with Crippen LogP contribution in [0.5, 0.6) is 0 Å². The van der Waals surface area contributed by atoms with Gasteiger partial charge in [0.25, 0.3) is 0 Å². The molecule has 3 N–H and O–H groups in total. The van der Waals surface area contributed by atoms with E-state index in [0.717, 1.165) is 17.5 Å². The van der Waals surface area contributed by atoms with Crippen molar-refractivity contribution in [1.29, 1.82) is 0 Å². The third-order valence-corrected chi connectivity index (χ3v) is 4.89. The van der Waals surface area contributed by atoms with Crippen LogP contribution in [-0.4, -0.2) is 52.7 Å². The van der Waals surface area contributed by atoms with E-state index >= 15 is 0 Å². The van der Waals surface area contributed by atoms with Crippen LogP contribution >= 0.6 is 0 Å². The highest BCUT2D eigenvalue weighted by Crippen LogP contribution is 2.21. The van der Waals surface area contributed by atoms with E-state index in [0.29, 0.717) is 19.4 Å². The first-order chi connectivity index (χ1) is 15.6. The summed E-state index contributed by atoms with van der Waals surface area (Å²) in [5, 5.41) is 7.12. The molecule has 2 atom stereocenters. The predicted octanol–water partition coefficient (Wildman–Crippen LogP) is 2.92. The number of carbonyl (C=O) groups excluding carboxylic acids is 2. The maximum absolute atomic E-state index is 12.7. The molecule has 2 aromatic rings. The SMILES string of the molecule is N[C@@H](Cc1ccccc1)C(=O)N1CCC[C@H]1C(=O)OCc1ccccc1.O=C(O)C(F)(F)F. The van der Waals surface area contributed by atoms with Crippen molar-refractivity contribution in [2.24, 2.45) is 5.73 Å². The van der Waals surface area contributed by atoms with E-state index in [1.54, 1.807) is 4.90 Å². The van der Waals surface area contributed by atoms with Crippen molar-refractivity contribution in [3.05, 3.63) is 71.8 Å². The Morgan fingerprint density at radius 1 is 1.03 bits per heavy atom. The topological polar surface area (TPSA) is 110 Å². The standard InChI is InChI=1S/C21H24N2O3.C2HF3O2/c22-18(14-16-8-3-1-4-9-16)20(24)23-13-7-12-19(23)21(25)26-15-17-10-5-2-6-11-17;3-2(4,5)1(6)7/h1-6,8-11,18-19H,7,12-15,22H2;(H,6,7)/t18-,19-;/m0./s1. The van der Waals surface area contributed by atoms with Crippen molar-refractivity contribution in [2.75, 3.05) is 6.54 Å². The lowest BCUT2D eigenvalue weighted by Gasteiger charge is -2.26. The van der Waals surface area contributed by atoms with E-state index in [2.05, 4.69) is 0 Å². The summed E-state index contributed by atoms with van der Waals surface area (Å²) in [5.74, 6) is -3.30. The van der Waals surface area contributed by atoms with E-state index in [4.69, 9.17) is 20.4 Å². The Kier molecular flexibility index (Phi) is 9.41. The number of ether oxygens (including phenoxy) is 1. The average molecular weight is 466 g/mol. The molecule has 0 spiro atoms. The lowest BCUT2D eigenvalue weighted by Crippen LogP contribution is -2.49. The summed E-state index contributed by atoms with van der Waals surface area (Å²) < 4.78 is 37.2. The van der Waals surface area contributed by atoms with Crippen LogP contribution in [0.2, 0.25) is 0 Å². The van der Waals surface area contributed by atoms with Gasteiger partial charge in [0, 0.05) is 6.54 Å². The molecule has 1 heterocycles. The summed E-state index contributed by atoms with van der Waals surface area (Å²) in [6.45, 7) is 0.765. The van der Waals surface area contributed by atoms with Gasteiger partial charge in [-0.05, 0) is 30.4 Å². The van der Waals surface area contributed by atoms with E-state index in [1.807, 2.05) is 60.7 Å². The molecule has 0 bridgehead atoms. The van der Waals surface area contributed by atoms with E-state index in [1.165, 1.54) is 0 Å². The lowest BCUT2D eigenvalue weighted by molar-refractivity contribution is -0.192. The van der Waals surface area contributed by atoms with Gasteiger partial charge in [-0.25, -0.2) is 9.59 Å². The van der Waals surface area contributed by atoms with E-state index in [-0.39, 0.29) is 18.5 Å². The van der Waals surface area contributed by atoms with Crippen LogP contribution in [0.25, 0.3) is 0 Å². The molecule has 1 aliphatic heterocycles. The molecular weight excluding hydrogens is 441 g/mol. The van der Waals surface area contributed by atoms with Gasteiger partial charge in [-0.15, -0.1) is 0 Å². The largest absolute Gasteiger partial charge is 0.490 e. The summed E-state index contributed by atoms with van der Waals surface area (Å²) in [7, 11) is 0.